The molecule has 1 aliphatic heterocycles. The van der Waals surface area contributed by atoms with Gasteiger partial charge in [0.05, 0.1) is 5.39 Å². The normalized spacial score (nSPS) is 18.2. The van der Waals surface area contributed by atoms with Gasteiger partial charge in [-0.1, -0.05) is 18.2 Å². The molecule has 1 aromatic carbocycles. The number of carbonyl (C=O) groups is 1. The van der Waals surface area contributed by atoms with Crippen molar-refractivity contribution in [2.75, 3.05) is 11.5 Å². The highest BCUT2D eigenvalue weighted by Gasteiger charge is 2.31. The molecule has 6 heteroatoms. The molecule has 2 aromatic heterocycles. The van der Waals surface area contributed by atoms with E-state index in [-0.39, 0.29) is 18.6 Å². The van der Waals surface area contributed by atoms with E-state index in [1.165, 1.54) is 28.8 Å². The average Bonchev–Trinajstić information content (AvgIpc) is 3.30. The van der Waals surface area contributed by atoms with Gasteiger partial charge < -0.3 is 9.64 Å². The van der Waals surface area contributed by atoms with Crippen molar-refractivity contribution in [3.05, 3.63) is 46.6 Å². The van der Waals surface area contributed by atoms with Crippen LogP contribution < -0.4 is 9.64 Å². The van der Waals surface area contributed by atoms with Crippen LogP contribution in [0.5, 0.6) is 5.88 Å². The molecule has 0 saturated carbocycles. The van der Waals surface area contributed by atoms with Crippen LogP contribution in [0.15, 0.2) is 30.6 Å². The smallest absolute Gasteiger partial charge is 0.265 e. The molecule has 0 radical (unpaired) electrons. The van der Waals surface area contributed by atoms with Gasteiger partial charge in [-0.3, -0.25) is 4.79 Å². The van der Waals surface area contributed by atoms with Crippen molar-refractivity contribution in [3.63, 3.8) is 0 Å². The number of hydrogen-bond acceptors (Lipinski definition) is 5. The van der Waals surface area contributed by atoms with Crippen molar-refractivity contribution in [1.29, 1.82) is 0 Å². The SMILES string of the molecule is CC1Cc2ccccc2N1C(=O)COc1ncnc2sc3c(c12)CCC3. The monoisotopic (exact) mass is 365 g/mol. The minimum Gasteiger partial charge on any atom is -0.467 e. The Labute approximate surface area is 155 Å². The fourth-order valence-corrected chi connectivity index (χ4v) is 5.37. The molecule has 0 fully saturated rings. The first kappa shape index (κ1) is 15.8. The zero-order valence-electron chi connectivity index (χ0n) is 14.6. The van der Waals surface area contributed by atoms with Crippen molar-refractivity contribution in [2.45, 2.75) is 38.6 Å². The van der Waals surface area contributed by atoms with Crippen LogP contribution in [0.2, 0.25) is 0 Å². The van der Waals surface area contributed by atoms with E-state index in [4.69, 9.17) is 4.74 Å². The van der Waals surface area contributed by atoms with Gasteiger partial charge in [-0.2, -0.15) is 0 Å². The van der Waals surface area contributed by atoms with Crippen molar-refractivity contribution in [2.24, 2.45) is 0 Å². The molecule has 26 heavy (non-hydrogen) atoms. The van der Waals surface area contributed by atoms with E-state index in [0.29, 0.717) is 5.88 Å². The summed E-state index contributed by atoms with van der Waals surface area (Å²) in [6.45, 7) is 2.07. The van der Waals surface area contributed by atoms with Crippen LogP contribution in [0.4, 0.5) is 5.69 Å². The number of thiophene rings is 1. The lowest BCUT2D eigenvalue weighted by Crippen LogP contribution is -2.39. The van der Waals surface area contributed by atoms with Gasteiger partial charge in [0.2, 0.25) is 5.88 Å². The molecule has 2 aliphatic rings. The van der Waals surface area contributed by atoms with E-state index in [1.54, 1.807) is 11.3 Å². The number of rotatable bonds is 3. The molecule has 1 aliphatic carbocycles. The summed E-state index contributed by atoms with van der Waals surface area (Å²) in [4.78, 5) is 25.8. The van der Waals surface area contributed by atoms with Crippen LogP contribution in [0.25, 0.3) is 10.2 Å². The van der Waals surface area contributed by atoms with Gasteiger partial charge in [0.25, 0.3) is 5.91 Å². The maximum atomic E-state index is 12.9. The minimum absolute atomic E-state index is 0.00456. The van der Waals surface area contributed by atoms with E-state index in [2.05, 4.69) is 23.0 Å². The molecule has 1 amide bonds. The lowest BCUT2D eigenvalue weighted by Gasteiger charge is -2.22. The molecule has 0 saturated heterocycles. The number of aromatic nitrogens is 2. The summed E-state index contributed by atoms with van der Waals surface area (Å²) in [7, 11) is 0. The van der Waals surface area contributed by atoms with Crippen molar-refractivity contribution >= 4 is 33.1 Å². The topological polar surface area (TPSA) is 55.3 Å². The molecular formula is C20H19N3O2S. The summed E-state index contributed by atoms with van der Waals surface area (Å²) in [5, 5.41) is 1.01. The van der Waals surface area contributed by atoms with Gasteiger partial charge in [-0.25, -0.2) is 9.97 Å². The number of carbonyl (C=O) groups excluding carboxylic acids is 1. The summed E-state index contributed by atoms with van der Waals surface area (Å²) >= 11 is 1.72. The lowest BCUT2D eigenvalue weighted by molar-refractivity contribution is -0.120. The van der Waals surface area contributed by atoms with Gasteiger partial charge in [-0.15, -0.1) is 11.3 Å². The number of nitrogens with zero attached hydrogens (tertiary/aromatic N) is 3. The van der Waals surface area contributed by atoms with Crippen molar-refractivity contribution in [1.82, 2.24) is 9.97 Å². The Hall–Kier alpha value is -2.47. The summed E-state index contributed by atoms with van der Waals surface area (Å²) < 4.78 is 5.90. The second kappa shape index (κ2) is 6.06. The standard InChI is InChI=1S/C20H19N3O2S/c1-12-9-13-5-2-3-7-15(13)23(12)17(24)10-25-19-18-14-6-4-8-16(14)26-20(18)22-11-21-19/h2-3,5,7,11-12H,4,6,8-10H2,1H3. The summed E-state index contributed by atoms with van der Waals surface area (Å²) in [5.74, 6) is 0.518. The zero-order chi connectivity index (χ0) is 17.7. The quantitative estimate of drug-likeness (QED) is 0.712. The maximum Gasteiger partial charge on any atom is 0.265 e. The molecule has 0 bridgehead atoms. The third kappa shape index (κ3) is 2.40. The summed E-state index contributed by atoms with van der Waals surface area (Å²) in [6.07, 6.45) is 5.74. The van der Waals surface area contributed by atoms with E-state index in [1.807, 2.05) is 23.1 Å². The molecule has 0 N–H and O–H groups in total. The number of ether oxygens (including phenoxy) is 1. The molecule has 1 atom stereocenters. The molecule has 5 nitrogen and oxygen atoms in total. The third-order valence-corrected chi connectivity index (χ3v) is 6.47. The largest absolute Gasteiger partial charge is 0.467 e. The molecular weight excluding hydrogens is 346 g/mol. The molecule has 0 spiro atoms. The summed E-state index contributed by atoms with van der Waals surface area (Å²) in [5.41, 5.74) is 3.53. The second-order valence-corrected chi connectivity index (χ2v) is 8.03. The number of para-hydroxylation sites is 1. The first-order valence-corrected chi connectivity index (χ1v) is 9.82. The van der Waals surface area contributed by atoms with Crippen LogP contribution in [-0.2, 0) is 24.1 Å². The highest BCUT2D eigenvalue weighted by atomic mass is 32.1. The van der Waals surface area contributed by atoms with E-state index in [0.717, 1.165) is 35.2 Å². The van der Waals surface area contributed by atoms with Crippen LogP contribution in [0.3, 0.4) is 0 Å². The highest BCUT2D eigenvalue weighted by Crippen LogP contribution is 2.40. The van der Waals surface area contributed by atoms with Crippen LogP contribution in [0, 0.1) is 0 Å². The average molecular weight is 365 g/mol. The summed E-state index contributed by atoms with van der Waals surface area (Å²) in [6, 6.07) is 8.23. The molecule has 1 unspecified atom stereocenters. The predicted molar refractivity (Wildman–Crippen MR) is 102 cm³/mol. The fourth-order valence-electron chi connectivity index (χ4n) is 4.15. The molecule has 3 aromatic rings. The Bertz CT molecular complexity index is 1010. The zero-order valence-corrected chi connectivity index (χ0v) is 15.4. The number of hydrogen-bond donors (Lipinski definition) is 0. The van der Waals surface area contributed by atoms with E-state index >= 15 is 0 Å². The molecule has 132 valence electrons. The van der Waals surface area contributed by atoms with Gasteiger partial charge >= 0.3 is 0 Å². The Balaban J connectivity index is 1.40. The molecule has 3 heterocycles. The maximum absolute atomic E-state index is 12.9. The predicted octanol–water partition coefficient (Wildman–Crippen LogP) is 3.54. The number of amides is 1. The van der Waals surface area contributed by atoms with Gasteiger partial charge in [-0.05, 0) is 49.8 Å². The number of benzene rings is 1. The lowest BCUT2D eigenvalue weighted by atomic mass is 10.1. The Morgan fingerprint density at radius 3 is 3.12 bits per heavy atom. The number of fused-ring (bicyclic) bond motifs is 4. The Morgan fingerprint density at radius 1 is 1.31 bits per heavy atom. The second-order valence-electron chi connectivity index (χ2n) is 6.95. The number of anilines is 1. The van der Waals surface area contributed by atoms with Gasteiger partial charge in [0.1, 0.15) is 11.2 Å². The number of aryl methyl sites for hydroxylation is 2. The van der Waals surface area contributed by atoms with Crippen LogP contribution in [-0.4, -0.2) is 28.5 Å². The highest BCUT2D eigenvalue weighted by molar-refractivity contribution is 7.18. The van der Waals surface area contributed by atoms with Gasteiger partial charge in [0.15, 0.2) is 6.61 Å². The third-order valence-electron chi connectivity index (χ3n) is 5.27. The van der Waals surface area contributed by atoms with Crippen LogP contribution >= 0.6 is 11.3 Å². The first-order valence-electron chi connectivity index (χ1n) is 9.00. The Kier molecular flexibility index (Phi) is 3.67. The Morgan fingerprint density at radius 2 is 2.19 bits per heavy atom. The fraction of sp³-hybridized carbons (Fsp3) is 0.350. The van der Waals surface area contributed by atoms with Crippen LogP contribution in [0.1, 0.15) is 29.3 Å². The molecule has 5 rings (SSSR count). The van der Waals surface area contributed by atoms with E-state index in [9.17, 15) is 4.79 Å². The van der Waals surface area contributed by atoms with Crippen molar-refractivity contribution in [3.8, 4) is 5.88 Å². The minimum atomic E-state index is -0.0268. The van der Waals surface area contributed by atoms with E-state index < -0.39 is 0 Å². The van der Waals surface area contributed by atoms with Gasteiger partial charge in [0, 0.05) is 16.6 Å². The van der Waals surface area contributed by atoms with Crippen molar-refractivity contribution < 1.29 is 9.53 Å². The first-order chi connectivity index (χ1) is 12.7.